The first-order valence-corrected chi connectivity index (χ1v) is 11.0. The Morgan fingerprint density at radius 1 is 1.27 bits per heavy atom. The summed E-state index contributed by atoms with van der Waals surface area (Å²) in [6.45, 7) is 6.47. The van der Waals surface area contributed by atoms with Crippen LogP contribution in [0.1, 0.15) is 44.7 Å². The molecule has 1 atom stereocenters. The quantitative estimate of drug-likeness (QED) is 0.411. The molecule has 33 heavy (non-hydrogen) atoms. The van der Waals surface area contributed by atoms with Crippen LogP contribution in [0.3, 0.4) is 0 Å². The molecule has 0 bridgehead atoms. The Hall–Kier alpha value is -3.39. The topological polar surface area (TPSA) is 99.4 Å². The number of nitrogens with zero attached hydrogens (tertiary/aromatic N) is 3. The maximum atomic E-state index is 12.6. The monoisotopic (exact) mass is 470 g/mol. The Labute approximate surface area is 198 Å². The molecule has 0 radical (unpaired) electrons. The number of carbonyl (C=O) groups excluding carboxylic acids is 1. The lowest BCUT2D eigenvalue weighted by molar-refractivity contribution is -0.117. The van der Waals surface area contributed by atoms with Crippen molar-refractivity contribution >= 4 is 23.6 Å². The molecular formula is C24H27ClN4O4. The molecule has 0 aliphatic carbocycles. The lowest BCUT2D eigenvalue weighted by atomic mass is 10.0. The molecule has 0 aliphatic heterocycles. The fourth-order valence-electron chi connectivity index (χ4n) is 3.05. The second-order valence-electron chi connectivity index (χ2n) is 7.64. The minimum atomic E-state index is -0.451. The Kier molecular flexibility index (Phi) is 8.43. The van der Waals surface area contributed by atoms with Gasteiger partial charge in [-0.1, -0.05) is 37.5 Å². The summed E-state index contributed by atoms with van der Waals surface area (Å²) in [6, 6.07) is 6.61. The second kappa shape index (κ2) is 11.5. The number of pyridine rings is 1. The van der Waals surface area contributed by atoms with Gasteiger partial charge in [-0.15, -0.1) is 0 Å². The van der Waals surface area contributed by atoms with Crippen LogP contribution in [0.2, 0.25) is 5.02 Å². The van der Waals surface area contributed by atoms with Gasteiger partial charge in [0.05, 0.1) is 18.7 Å². The van der Waals surface area contributed by atoms with Crippen LogP contribution in [-0.4, -0.2) is 34.7 Å². The van der Waals surface area contributed by atoms with E-state index in [1.165, 1.54) is 6.08 Å². The average molecular weight is 471 g/mol. The predicted molar refractivity (Wildman–Crippen MR) is 126 cm³/mol. The Bertz CT molecular complexity index is 1100. The van der Waals surface area contributed by atoms with Gasteiger partial charge in [0.1, 0.15) is 6.04 Å². The van der Waals surface area contributed by atoms with Crippen molar-refractivity contribution in [2.75, 3.05) is 13.7 Å². The van der Waals surface area contributed by atoms with Crippen molar-refractivity contribution in [1.82, 2.24) is 20.4 Å². The van der Waals surface area contributed by atoms with Gasteiger partial charge in [-0.05, 0) is 48.2 Å². The lowest BCUT2D eigenvalue weighted by Gasteiger charge is -2.17. The Morgan fingerprint density at radius 3 is 2.70 bits per heavy atom. The number of ether oxygens (including phenoxy) is 2. The van der Waals surface area contributed by atoms with Gasteiger partial charge in [0.15, 0.2) is 11.5 Å². The van der Waals surface area contributed by atoms with Gasteiger partial charge < -0.3 is 19.3 Å². The number of halogens is 1. The fourth-order valence-corrected chi connectivity index (χ4v) is 3.32. The van der Waals surface area contributed by atoms with Crippen LogP contribution < -0.4 is 14.8 Å². The molecule has 8 nitrogen and oxygen atoms in total. The molecule has 1 unspecified atom stereocenters. The molecule has 2 aromatic heterocycles. The van der Waals surface area contributed by atoms with Gasteiger partial charge in [0.25, 0.3) is 0 Å². The van der Waals surface area contributed by atoms with E-state index in [2.05, 4.69) is 20.4 Å². The number of rotatable bonds is 10. The normalized spacial score (nSPS) is 12.2. The number of benzene rings is 1. The number of carbonyl (C=O) groups is 1. The third-order valence-corrected chi connectivity index (χ3v) is 5.02. The molecule has 9 heteroatoms. The van der Waals surface area contributed by atoms with Crippen LogP contribution in [0.4, 0.5) is 0 Å². The minimum Gasteiger partial charge on any atom is -0.493 e. The van der Waals surface area contributed by atoms with Crippen LogP contribution in [-0.2, 0) is 4.79 Å². The van der Waals surface area contributed by atoms with E-state index < -0.39 is 6.04 Å². The van der Waals surface area contributed by atoms with Crippen molar-refractivity contribution in [3.8, 4) is 22.9 Å². The SMILES string of the molecule is CCCOc1c(Cl)cc(/C=C/C(=O)NC(c2nc(-c3ccncc3)no2)C(C)C)cc1OC. The lowest BCUT2D eigenvalue weighted by Crippen LogP contribution is -2.30. The van der Waals surface area contributed by atoms with Gasteiger partial charge in [-0.2, -0.15) is 4.98 Å². The average Bonchev–Trinajstić information content (AvgIpc) is 3.30. The summed E-state index contributed by atoms with van der Waals surface area (Å²) in [7, 11) is 1.54. The Morgan fingerprint density at radius 2 is 2.03 bits per heavy atom. The second-order valence-corrected chi connectivity index (χ2v) is 8.05. The van der Waals surface area contributed by atoms with Gasteiger partial charge in [-0.25, -0.2) is 0 Å². The summed E-state index contributed by atoms with van der Waals surface area (Å²) in [6.07, 6.45) is 7.24. The molecular weight excluding hydrogens is 444 g/mol. The smallest absolute Gasteiger partial charge is 0.249 e. The molecule has 1 amide bonds. The van der Waals surface area contributed by atoms with Gasteiger partial charge in [0.2, 0.25) is 17.6 Å². The van der Waals surface area contributed by atoms with Crippen LogP contribution >= 0.6 is 11.6 Å². The van der Waals surface area contributed by atoms with Gasteiger partial charge in [-0.3, -0.25) is 9.78 Å². The predicted octanol–water partition coefficient (Wildman–Crippen LogP) is 5.11. The standard InChI is InChI=1S/C24H27ClN4O4/c1-5-12-32-22-18(25)13-16(14-19(22)31-4)6-7-20(30)27-21(15(2)3)24-28-23(29-33-24)17-8-10-26-11-9-17/h6-11,13-15,21H,5,12H2,1-4H3,(H,27,30)/b7-6+. The highest BCUT2D eigenvalue weighted by molar-refractivity contribution is 6.32. The summed E-state index contributed by atoms with van der Waals surface area (Å²) >= 11 is 6.35. The number of aromatic nitrogens is 3. The van der Waals surface area contributed by atoms with E-state index in [4.69, 9.17) is 25.6 Å². The highest BCUT2D eigenvalue weighted by Crippen LogP contribution is 2.37. The molecule has 3 rings (SSSR count). The summed E-state index contributed by atoms with van der Waals surface area (Å²) in [5.41, 5.74) is 1.49. The van der Waals surface area contributed by atoms with Gasteiger partial charge in [0, 0.05) is 24.0 Å². The summed E-state index contributed by atoms with van der Waals surface area (Å²) in [4.78, 5) is 21.1. The molecule has 0 saturated heterocycles. The van der Waals surface area contributed by atoms with E-state index in [0.29, 0.717) is 40.4 Å². The maximum Gasteiger partial charge on any atom is 0.249 e. The molecule has 3 aromatic rings. The highest BCUT2D eigenvalue weighted by Gasteiger charge is 2.24. The zero-order chi connectivity index (χ0) is 23.8. The summed E-state index contributed by atoms with van der Waals surface area (Å²) in [5.74, 6) is 1.49. The van der Waals surface area contributed by atoms with Crippen molar-refractivity contribution < 1.29 is 18.8 Å². The van der Waals surface area contributed by atoms with Crippen LogP contribution in [0.25, 0.3) is 17.5 Å². The first-order chi connectivity index (χ1) is 15.9. The number of hydrogen-bond donors (Lipinski definition) is 1. The third-order valence-electron chi connectivity index (χ3n) is 4.74. The molecule has 0 aliphatic rings. The zero-order valence-corrected chi connectivity index (χ0v) is 19.8. The molecule has 174 valence electrons. The van der Waals surface area contributed by atoms with E-state index in [-0.39, 0.29) is 11.8 Å². The van der Waals surface area contributed by atoms with Crippen molar-refractivity contribution in [3.63, 3.8) is 0 Å². The van der Waals surface area contributed by atoms with Crippen LogP contribution in [0.15, 0.2) is 47.3 Å². The fraction of sp³-hybridized carbons (Fsp3) is 0.333. The van der Waals surface area contributed by atoms with Crippen LogP contribution in [0, 0.1) is 5.92 Å². The zero-order valence-electron chi connectivity index (χ0n) is 19.0. The Balaban J connectivity index is 1.73. The molecule has 1 N–H and O–H groups in total. The highest BCUT2D eigenvalue weighted by atomic mass is 35.5. The van der Waals surface area contributed by atoms with Crippen molar-refractivity contribution in [3.05, 3.63) is 59.2 Å². The van der Waals surface area contributed by atoms with Crippen molar-refractivity contribution in [1.29, 1.82) is 0 Å². The number of amides is 1. The maximum absolute atomic E-state index is 12.6. The van der Waals surface area contributed by atoms with E-state index in [1.807, 2.05) is 20.8 Å². The van der Waals surface area contributed by atoms with Crippen LogP contribution in [0.5, 0.6) is 11.5 Å². The summed E-state index contributed by atoms with van der Waals surface area (Å²) < 4.78 is 16.5. The van der Waals surface area contributed by atoms with E-state index in [9.17, 15) is 4.79 Å². The molecule has 0 spiro atoms. The van der Waals surface area contributed by atoms with E-state index in [1.54, 1.807) is 49.8 Å². The summed E-state index contributed by atoms with van der Waals surface area (Å²) in [5, 5.41) is 7.37. The molecule has 1 aromatic carbocycles. The number of methoxy groups -OCH3 is 1. The number of nitrogens with one attached hydrogen (secondary N) is 1. The molecule has 0 fully saturated rings. The minimum absolute atomic E-state index is 0.0256. The number of hydrogen-bond acceptors (Lipinski definition) is 7. The van der Waals surface area contributed by atoms with Gasteiger partial charge >= 0.3 is 0 Å². The molecule has 0 saturated carbocycles. The molecule has 2 heterocycles. The first kappa shape index (κ1) is 24.3. The first-order valence-electron chi connectivity index (χ1n) is 10.7. The van der Waals surface area contributed by atoms with E-state index >= 15 is 0 Å². The van der Waals surface area contributed by atoms with Crippen molar-refractivity contribution in [2.45, 2.75) is 33.2 Å². The van der Waals surface area contributed by atoms with E-state index in [0.717, 1.165) is 12.0 Å². The third kappa shape index (κ3) is 6.32. The largest absolute Gasteiger partial charge is 0.493 e. The van der Waals surface area contributed by atoms with Crippen molar-refractivity contribution in [2.24, 2.45) is 5.92 Å².